The van der Waals surface area contributed by atoms with Gasteiger partial charge in [0, 0.05) is 18.4 Å². The van der Waals surface area contributed by atoms with Gasteiger partial charge in [0.1, 0.15) is 41.0 Å². The molecule has 0 radical (unpaired) electrons. The number of hydrogen-bond acceptors (Lipinski definition) is 8. The highest BCUT2D eigenvalue weighted by Crippen LogP contribution is 2.44. The number of esters is 1. The number of methoxy groups -OCH3 is 1. The maximum absolute atomic E-state index is 12.8. The lowest BCUT2D eigenvalue weighted by molar-refractivity contribution is -0.139. The molecular formula is C24H25NO7. The highest BCUT2D eigenvalue weighted by Gasteiger charge is 2.42. The van der Waals surface area contributed by atoms with Crippen LogP contribution in [0.3, 0.4) is 0 Å². The van der Waals surface area contributed by atoms with Crippen molar-refractivity contribution in [3.63, 3.8) is 0 Å². The lowest BCUT2D eigenvalue weighted by Crippen LogP contribution is -2.31. The molecule has 1 aliphatic heterocycles. The summed E-state index contributed by atoms with van der Waals surface area (Å²) in [5.41, 5.74) is 6.58. The molecule has 0 saturated carbocycles. The quantitative estimate of drug-likeness (QED) is 0.650. The molecule has 4 rings (SSSR count). The van der Waals surface area contributed by atoms with Gasteiger partial charge in [-0.05, 0) is 49.7 Å². The van der Waals surface area contributed by atoms with Crippen LogP contribution in [0.15, 0.2) is 63.6 Å². The van der Waals surface area contributed by atoms with Gasteiger partial charge in [0.15, 0.2) is 5.78 Å². The molecule has 0 saturated heterocycles. The highest BCUT2D eigenvalue weighted by molar-refractivity contribution is 6.03. The molecule has 8 heteroatoms. The van der Waals surface area contributed by atoms with E-state index in [1.165, 1.54) is 0 Å². The van der Waals surface area contributed by atoms with E-state index in [9.17, 15) is 9.59 Å². The van der Waals surface area contributed by atoms with Crippen LogP contribution in [0, 0.1) is 0 Å². The second-order valence-corrected chi connectivity index (χ2v) is 7.42. The molecule has 168 valence electrons. The molecule has 32 heavy (non-hydrogen) atoms. The first kappa shape index (κ1) is 21.5. The highest BCUT2D eigenvalue weighted by atomic mass is 16.5. The van der Waals surface area contributed by atoms with E-state index in [-0.39, 0.29) is 30.5 Å². The molecule has 1 aliphatic carbocycles. The molecule has 8 nitrogen and oxygen atoms in total. The van der Waals surface area contributed by atoms with Gasteiger partial charge < -0.3 is 29.1 Å². The molecule has 1 aromatic carbocycles. The average molecular weight is 439 g/mol. The molecule has 2 aromatic rings. The Bertz CT molecular complexity index is 1080. The summed E-state index contributed by atoms with van der Waals surface area (Å²) < 4.78 is 27.8. The summed E-state index contributed by atoms with van der Waals surface area (Å²) in [6.07, 6.45) is 1.62. The van der Waals surface area contributed by atoms with Crippen molar-refractivity contribution in [2.75, 3.05) is 13.7 Å². The van der Waals surface area contributed by atoms with Crippen LogP contribution < -0.4 is 15.2 Å². The van der Waals surface area contributed by atoms with E-state index in [4.69, 9.17) is 29.1 Å². The Labute approximate surface area is 185 Å². The second kappa shape index (κ2) is 9.21. The van der Waals surface area contributed by atoms with Crippen LogP contribution in [0.1, 0.15) is 43.6 Å². The molecule has 1 unspecified atom stereocenters. The van der Waals surface area contributed by atoms with Gasteiger partial charge in [0.25, 0.3) is 0 Å². The Kier molecular flexibility index (Phi) is 6.20. The molecule has 2 aliphatic rings. The first-order chi connectivity index (χ1) is 15.5. The molecular weight excluding hydrogens is 414 g/mol. The lowest BCUT2D eigenvalue weighted by Gasteiger charge is -2.31. The minimum Gasteiger partial charge on any atom is -0.497 e. The number of Topliss-reactive ketones (excluding diaryl/α,β-unsaturated/α-hetero) is 1. The molecule has 2 heterocycles. The van der Waals surface area contributed by atoms with Crippen LogP contribution >= 0.6 is 0 Å². The lowest BCUT2D eigenvalue weighted by atomic mass is 9.79. The topological polar surface area (TPSA) is 110 Å². The first-order valence-electron chi connectivity index (χ1n) is 10.5. The van der Waals surface area contributed by atoms with Crippen LogP contribution in [0.5, 0.6) is 11.5 Å². The van der Waals surface area contributed by atoms with Gasteiger partial charge in [-0.2, -0.15) is 0 Å². The SMILES string of the molecule is CCOC(=O)C1=C(N)OC2=C(C(=O)CCC2)C1c1ccc(COc2ccc(OC)cc2)o1. The maximum Gasteiger partial charge on any atom is 0.340 e. The van der Waals surface area contributed by atoms with Crippen molar-refractivity contribution in [1.29, 1.82) is 0 Å². The summed E-state index contributed by atoms with van der Waals surface area (Å²) in [6.45, 7) is 2.04. The maximum atomic E-state index is 12.8. The summed E-state index contributed by atoms with van der Waals surface area (Å²) in [4.78, 5) is 25.5. The fourth-order valence-corrected chi connectivity index (χ4v) is 3.90. The van der Waals surface area contributed by atoms with Crippen LogP contribution in [-0.2, 0) is 25.7 Å². The zero-order valence-corrected chi connectivity index (χ0v) is 18.0. The number of allylic oxidation sites excluding steroid dienone is 2. The molecule has 0 fully saturated rings. The number of furan rings is 1. The Morgan fingerprint density at radius 3 is 2.59 bits per heavy atom. The van der Waals surface area contributed by atoms with Crippen molar-refractivity contribution in [3.05, 3.63) is 70.7 Å². The number of ketones is 1. The van der Waals surface area contributed by atoms with E-state index in [1.807, 2.05) is 0 Å². The van der Waals surface area contributed by atoms with Gasteiger partial charge in [-0.1, -0.05) is 0 Å². The van der Waals surface area contributed by atoms with Gasteiger partial charge in [-0.25, -0.2) is 4.79 Å². The number of nitrogens with two attached hydrogens (primary N) is 1. The van der Waals surface area contributed by atoms with Crippen LogP contribution in [0.25, 0.3) is 0 Å². The van der Waals surface area contributed by atoms with Gasteiger partial charge in [0.2, 0.25) is 5.88 Å². The molecule has 0 amide bonds. The second-order valence-electron chi connectivity index (χ2n) is 7.42. The molecule has 1 aromatic heterocycles. The van der Waals surface area contributed by atoms with Crippen molar-refractivity contribution in [2.45, 2.75) is 38.7 Å². The van der Waals surface area contributed by atoms with Crippen LogP contribution in [0.4, 0.5) is 0 Å². The smallest absolute Gasteiger partial charge is 0.340 e. The fraction of sp³-hybridized carbons (Fsp3) is 0.333. The third-order valence-electron chi connectivity index (χ3n) is 5.39. The van der Waals surface area contributed by atoms with Gasteiger partial charge in [-0.15, -0.1) is 0 Å². The summed E-state index contributed by atoms with van der Waals surface area (Å²) in [5, 5.41) is 0. The Balaban J connectivity index is 1.61. The predicted octanol–water partition coefficient (Wildman–Crippen LogP) is 3.72. The van der Waals surface area contributed by atoms with Crippen molar-refractivity contribution in [2.24, 2.45) is 5.73 Å². The largest absolute Gasteiger partial charge is 0.497 e. The number of rotatable bonds is 7. The first-order valence-corrected chi connectivity index (χ1v) is 10.5. The number of benzene rings is 1. The number of carbonyl (C=O) groups is 2. The minimum absolute atomic E-state index is 0.0608. The summed E-state index contributed by atoms with van der Waals surface area (Å²) in [6, 6.07) is 10.7. The van der Waals surface area contributed by atoms with E-state index in [1.54, 1.807) is 50.4 Å². The van der Waals surface area contributed by atoms with Gasteiger partial charge in [0.05, 0.1) is 19.6 Å². The Morgan fingerprint density at radius 1 is 1.12 bits per heavy atom. The summed E-state index contributed by atoms with van der Waals surface area (Å²) in [7, 11) is 1.60. The van der Waals surface area contributed by atoms with Gasteiger partial charge >= 0.3 is 5.97 Å². The van der Waals surface area contributed by atoms with Crippen LogP contribution in [0.2, 0.25) is 0 Å². The summed E-state index contributed by atoms with van der Waals surface area (Å²) in [5.74, 6) is 1.27. The fourth-order valence-electron chi connectivity index (χ4n) is 3.90. The number of carbonyl (C=O) groups excluding carboxylic acids is 2. The van der Waals surface area contributed by atoms with E-state index in [0.717, 1.165) is 5.75 Å². The predicted molar refractivity (Wildman–Crippen MR) is 114 cm³/mol. The van der Waals surface area contributed by atoms with Crippen molar-refractivity contribution < 1.29 is 33.0 Å². The van der Waals surface area contributed by atoms with Crippen molar-refractivity contribution >= 4 is 11.8 Å². The van der Waals surface area contributed by atoms with E-state index < -0.39 is 11.9 Å². The van der Waals surface area contributed by atoms with E-state index in [2.05, 4.69) is 0 Å². The molecule has 2 N–H and O–H groups in total. The van der Waals surface area contributed by atoms with Crippen LogP contribution in [-0.4, -0.2) is 25.5 Å². The van der Waals surface area contributed by atoms with Gasteiger partial charge in [-0.3, -0.25) is 4.79 Å². The van der Waals surface area contributed by atoms with Crippen molar-refractivity contribution in [3.8, 4) is 11.5 Å². The van der Waals surface area contributed by atoms with Crippen molar-refractivity contribution in [1.82, 2.24) is 0 Å². The third-order valence-corrected chi connectivity index (χ3v) is 5.39. The Hall–Kier alpha value is -3.68. The summed E-state index contributed by atoms with van der Waals surface area (Å²) >= 11 is 0. The zero-order valence-electron chi connectivity index (χ0n) is 18.0. The third kappa shape index (κ3) is 4.21. The normalized spacial score (nSPS) is 18.2. The Morgan fingerprint density at radius 2 is 1.88 bits per heavy atom. The monoisotopic (exact) mass is 439 g/mol. The molecule has 0 spiro atoms. The standard InChI is InChI=1S/C24H25NO7/c1-3-29-24(27)22-21(20-17(26)5-4-6-18(20)32-23(22)25)19-12-11-16(31-19)13-30-15-9-7-14(28-2)8-10-15/h7-12,21H,3-6,13,25H2,1-2H3. The average Bonchev–Trinajstić information content (AvgIpc) is 3.26. The number of hydrogen-bond donors (Lipinski definition) is 1. The van der Waals surface area contributed by atoms with E-state index >= 15 is 0 Å². The zero-order chi connectivity index (χ0) is 22.7. The van der Waals surface area contributed by atoms with E-state index in [0.29, 0.717) is 47.9 Å². The molecule has 1 atom stereocenters. The minimum atomic E-state index is -0.777. The molecule has 0 bridgehead atoms. The number of ether oxygens (including phenoxy) is 4.